The maximum absolute atomic E-state index is 12.7. The summed E-state index contributed by atoms with van der Waals surface area (Å²) in [7, 11) is 0. The lowest BCUT2D eigenvalue weighted by Crippen LogP contribution is -2.39. The molecule has 25 heavy (non-hydrogen) atoms. The second-order valence-electron chi connectivity index (χ2n) is 7.03. The van der Waals surface area contributed by atoms with Gasteiger partial charge in [0.25, 0.3) is 0 Å². The molecular formula is C20H24N4O. The number of benzene rings is 1. The van der Waals surface area contributed by atoms with Gasteiger partial charge in [0, 0.05) is 45.0 Å². The Morgan fingerprint density at radius 3 is 2.64 bits per heavy atom. The number of hydrogen-bond donors (Lipinski definition) is 0. The van der Waals surface area contributed by atoms with E-state index in [0.717, 1.165) is 51.3 Å². The van der Waals surface area contributed by atoms with Crippen LogP contribution in [-0.2, 0) is 17.8 Å². The van der Waals surface area contributed by atoms with Crippen LogP contribution >= 0.6 is 0 Å². The summed E-state index contributed by atoms with van der Waals surface area (Å²) in [5.41, 5.74) is 2.70. The first-order valence-corrected chi connectivity index (χ1v) is 9.15. The molecule has 130 valence electrons. The fourth-order valence-corrected chi connectivity index (χ4v) is 3.91. The summed E-state index contributed by atoms with van der Waals surface area (Å²) in [4.78, 5) is 25.5. The van der Waals surface area contributed by atoms with Crippen molar-refractivity contribution in [2.75, 3.05) is 24.5 Å². The highest BCUT2D eigenvalue weighted by atomic mass is 16.2. The van der Waals surface area contributed by atoms with E-state index in [0.29, 0.717) is 18.2 Å². The number of carbonyl (C=O) groups is 1. The molecule has 2 aromatic rings. The highest BCUT2D eigenvalue weighted by Gasteiger charge is 2.26. The minimum absolute atomic E-state index is 0.312. The summed E-state index contributed by atoms with van der Waals surface area (Å²) in [5.74, 6) is 1.74. The first-order chi connectivity index (χ1) is 12.3. The van der Waals surface area contributed by atoms with Gasteiger partial charge in [-0.2, -0.15) is 0 Å². The molecule has 5 nitrogen and oxygen atoms in total. The average molecular weight is 336 g/mol. The molecule has 0 aliphatic carbocycles. The highest BCUT2D eigenvalue weighted by molar-refractivity contribution is 5.76. The van der Waals surface area contributed by atoms with Crippen LogP contribution in [-0.4, -0.2) is 40.4 Å². The van der Waals surface area contributed by atoms with Gasteiger partial charge >= 0.3 is 0 Å². The number of anilines is 1. The van der Waals surface area contributed by atoms with Crippen LogP contribution in [0.5, 0.6) is 0 Å². The van der Waals surface area contributed by atoms with E-state index >= 15 is 0 Å². The predicted octanol–water partition coefficient (Wildman–Crippen LogP) is 2.67. The van der Waals surface area contributed by atoms with Crippen LogP contribution in [0.4, 0.5) is 5.82 Å². The molecule has 5 heteroatoms. The molecule has 1 aromatic heterocycles. The maximum Gasteiger partial charge on any atom is 0.223 e. The minimum Gasteiger partial charge on any atom is -0.355 e. The number of rotatable bonds is 3. The summed E-state index contributed by atoms with van der Waals surface area (Å²) >= 11 is 0. The van der Waals surface area contributed by atoms with Crippen molar-refractivity contribution in [1.29, 1.82) is 0 Å². The van der Waals surface area contributed by atoms with Gasteiger partial charge in [0.2, 0.25) is 5.91 Å². The van der Waals surface area contributed by atoms with Gasteiger partial charge in [-0.1, -0.05) is 24.3 Å². The van der Waals surface area contributed by atoms with Gasteiger partial charge in [-0.25, -0.2) is 4.98 Å². The number of piperidine rings is 1. The number of nitrogens with zero attached hydrogens (tertiary/aromatic N) is 4. The number of amides is 1. The van der Waals surface area contributed by atoms with Gasteiger partial charge in [-0.05, 0) is 36.3 Å². The maximum atomic E-state index is 12.7. The molecule has 1 fully saturated rings. The standard InChI is InChI=1S/C20H24N4O/c25-20(24-12-7-17-3-1-2-4-18(17)15-24)13-16-5-10-23(11-6-16)19-14-21-8-9-22-19/h1-4,8-9,14,16H,5-7,10-13,15H2. The summed E-state index contributed by atoms with van der Waals surface area (Å²) in [6.45, 7) is 3.54. The Hall–Kier alpha value is -2.43. The normalized spacial score (nSPS) is 18.1. The Kier molecular flexibility index (Phi) is 4.63. The van der Waals surface area contributed by atoms with E-state index in [-0.39, 0.29) is 0 Å². The van der Waals surface area contributed by atoms with Crippen molar-refractivity contribution < 1.29 is 4.79 Å². The molecule has 0 N–H and O–H groups in total. The van der Waals surface area contributed by atoms with Gasteiger partial charge in [0.15, 0.2) is 0 Å². The fraction of sp³-hybridized carbons (Fsp3) is 0.450. The summed E-state index contributed by atoms with van der Waals surface area (Å²) in [6.07, 6.45) is 9.00. The molecule has 0 spiro atoms. The molecule has 0 atom stereocenters. The van der Waals surface area contributed by atoms with Crippen LogP contribution in [0.2, 0.25) is 0 Å². The molecule has 2 aliphatic heterocycles. The number of aromatic nitrogens is 2. The fourth-order valence-electron chi connectivity index (χ4n) is 3.91. The van der Waals surface area contributed by atoms with E-state index in [9.17, 15) is 4.79 Å². The third-order valence-electron chi connectivity index (χ3n) is 5.43. The lowest BCUT2D eigenvalue weighted by atomic mass is 9.92. The lowest BCUT2D eigenvalue weighted by Gasteiger charge is -2.34. The van der Waals surface area contributed by atoms with Crippen LogP contribution in [0.1, 0.15) is 30.4 Å². The SMILES string of the molecule is O=C(CC1CCN(c2cnccn2)CC1)N1CCc2ccccc2C1. The second-order valence-corrected chi connectivity index (χ2v) is 7.03. The molecular weight excluding hydrogens is 312 g/mol. The van der Waals surface area contributed by atoms with Crippen LogP contribution in [0, 0.1) is 5.92 Å². The second kappa shape index (κ2) is 7.21. The quantitative estimate of drug-likeness (QED) is 0.865. The first-order valence-electron chi connectivity index (χ1n) is 9.15. The van der Waals surface area contributed by atoms with Crippen molar-refractivity contribution >= 4 is 11.7 Å². The van der Waals surface area contributed by atoms with Crippen LogP contribution in [0.3, 0.4) is 0 Å². The van der Waals surface area contributed by atoms with Crippen LogP contribution in [0.25, 0.3) is 0 Å². The smallest absolute Gasteiger partial charge is 0.223 e. The Morgan fingerprint density at radius 1 is 1.08 bits per heavy atom. The highest BCUT2D eigenvalue weighted by Crippen LogP contribution is 2.26. The van der Waals surface area contributed by atoms with E-state index in [4.69, 9.17) is 0 Å². The van der Waals surface area contributed by atoms with E-state index in [1.54, 1.807) is 12.4 Å². The monoisotopic (exact) mass is 336 g/mol. The molecule has 0 unspecified atom stereocenters. The summed E-state index contributed by atoms with van der Waals surface area (Å²) < 4.78 is 0. The van der Waals surface area contributed by atoms with Crippen molar-refractivity contribution in [2.45, 2.75) is 32.2 Å². The Bertz CT molecular complexity index is 725. The molecule has 1 amide bonds. The molecule has 1 aromatic carbocycles. The van der Waals surface area contributed by atoms with Gasteiger partial charge in [0.05, 0.1) is 6.20 Å². The van der Waals surface area contributed by atoms with Crippen LogP contribution < -0.4 is 4.90 Å². The summed E-state index contributed by atoms with van der Waals surface area (Å²) in [6, 6.07) is 8.48. The van der Waals surface area contributed by atoms with Crippen molar-refractivity contribution in [2.24, 2.45) is 5.92 Å². The van der Waals surface area contributed by atoms with Crippen molar-refractivity contribution in [3.8, 4) is 0 Å². The Labute approximate surface area is 148 Å². The zero-order chi connectivity index (χ0) is 17.1. The first kappa shape index (κ1) is 16.1. The molecule has 0 bridgehead atoms. The van der Waals surface area contributed by atoms with Crippen molar-refractivity contribution in [3.63, 3.8) is 0 Å². The minimum atomic E-state index is 0.312. The van der Waals surface area contributed by atoms with E-state index in [1.807, 2.05) is 11.1 Å². The molecule has 4 rings (SSSR count). The van der Waals surface area contributed by atoms with Gasteiger partial charge < -0.3 is 9.80 Å². The molecule has 0 saturated carbocycles. The lowest BCUT2D eigenvalue weighted by molar-refractivity contribution is -0.133. The van der Waals surface area contributed by atoms with Crippen molar-refractivity contribution in [1.82, 2.24) is 14.9 Å². The van der Waals surface area contributed by atoms with E-state index < -0.39 is 0 Å². The zero-order valence-corrected chi connectivity index (χ0v) is 14.5. The summed E-state index contributed by atoms with van der Waals surface area (Å²) in [5, 5.41) is 0. The number of carbonyl (C=O) groups excluding carboxylic acids is 1. The third-order valence-corrected chi connectivity index (χ3v) is 5.43. The van der Waals surface area contributed by atoms with Gasteiger partial charge in [-0.15, -0.1) is 0 Å². The molecule has 0 radical (unpaired) electrons. The molecule has 2 aliphatic rings. The van der Waals surface area contributed by atoms with Gasteiger partial charge in [-0.3, -0.25) is 9.78 Å². The van der Waals surface area contributed by atoms with Gasteiger partial charge in [0.1, 0.15) is 5.82 Å². The predicted molar refractivity (Wildman–Crippen MR) is 97.1 cm³/mol. The van der Waals surface area contributed by atoms with E-state index in [1.165, 1.54) is 11.1 Å². The molecule has 1 saturated heterocycles. The largest absolute Gasteiger partial charge is 0.355 e. The Balaban J connectivity index is 1.30. The average Bonchev–Trinajstić information content (AvgIpc) is 2.69. The molecule has 3 heterocycles. The van der Waals surface area contributed by atoms with Crippen molar-refractivity contribution in [3.05, 3.63) is 54.0 Å². The Morgan fingerprint density at radius 2 is 1.88 bits per heavy atom. The van der Waals surface area contributed by atoms with Crippen LogP contribution in [0.15, 0.2) is 42.9 Å². The third kappa shape index (κ3) is 3.65. The van der Waals surface area contributed by atoms with E-state index in [2.05, 4.69) is 39.1 Å². The zero-order valence-electron chi connectivity index (χ0n) is 14.5. The number of hydrogen-bond acceptors (Lipinski definition) is 4. The topological polar surface area (TPSA) is 49.3 Å². The number of fused-ring (bicyclic) bond motifs is 1.